The van der Waals surface area contributed by atoms with Crippen molar-refractivity contribution < 1.29 is 14.3 Å². The molecule has 2 N–H and O–H groups in total. The minimum Gasteiger partial charge on any atom is -0.484 e. The van der Waals surface area contributed by atoms with Gasteiger partial charge in [0, 0.05) is 19.1 Å². The first-order valence-electron chi connectivity index (χ1n) is 7.11. The quantitative estimate of drug-likeness (QED) is 0.889. The monoisotopic (exact) mass is 276 g/mol. The summed E-state index contributed by atoms with van der Waals surface area (Å²) in [6.07, 6.45) is 1.98. The average Bonchev–Trinajstić information content (AvgIpc) is 2.87. The number of rotatable bonds is 3. The molecule has 1 aromatic rings. The van der Waals surface area contributed by atoms with Gasteiger partial charge in [-0.1, -0.05) is 6.07 Å². The second-order valence-electron chi connectivity index (χ2n) is 5.29. The van der Waals surface area contributed by atoms with Crippen LogP contribution in [0.25, 0.3) is 0 Å². The van der Waals surface area contributed by atoms with Gasteiger partial charge in [0.2, 0.25) is 0 Å². The van der Waals surface area contributed by atoms with Crippen LogP contribution in [0.4, 0.5) is 0 Å². The molecule has 0 aromatic heterocycles. The van der Waals surface area contributed by atoms with E-state index in [0.29, 0.717) is 26.3 Å². The standard InChI is InChI=1S/C15H20N2O3/c16-14-4-1-11-9-12(2-3-13(11)14)20-10-15(18)17-5-7-19-8-6-17/h2-3,9,14H,1,4-8,10,16H2. The molecule has 3 rings (SSSR count). The summed E-state index contributed by atoms with van der Waals surface area (Å²) >= 11 is 0. The minimum atomic E-state index is 0.0190. The summed E-state index contributed by atoms with van der Waals surface area (Å²) < 4.78 is 10.8. The van der Waals surface area contributed by atoms with Crippen LogP contribution in [-0.4, -0.2) is 43.7 Å². The third-order valence-electron chi connectivity index (χ3n) is 3.96. The van der Waals surface area contributed by atoms with Crippen molar-refractivity contribution in [2.24, 2.45) is 5.73 Å². The number of nitrogens with two attached hydrogens (primary N) is 1. The topological polar surface area (TPSA) is 64.8 Å². The molecular formula is C15H20N2O3. The highest BCUT2D eigenvalue weighted by Gasteiger charge is 2.20. The van der Waals surface area contributed by atoms with E-state index in [1.54, 1.807) is 4.90 Å². The number of morpholine rings is 1. The Bertz CT molecular complexity index is 498. The fraction of sp³-hybridized carbons (Fsp3) is 0.533. The Morgan fingerprint density at radius 2 is 2.20 bits per heavy atom. The maximum absolute atomic E-state index is 12.0. The smallest absolute Gasteiger partial charge is 0.260 e. The summed E-state index contributed by atoms with van der Waals surface area (Å²) in [4.78, 5) is 13.8. The van der Waals surface area contributed by atoms with E-state index in [4.69, 9.17) is 15.2 Å². The van der Waals surface area contributed by atoms with Gasteiger partial charge < -0.3 is 20.1 Å². The maximum Gasteiger partial charge on any atom is 0.260 e. The van der Waals surface area contributed by atoms with Gasteiger partial charge in [-0.3, -0.25) is 4.79 Å². The Kier molecular flexibility index (Phi) is 3.89. The highest BCUT2D eigenvalue weighted by Crippen LogP contribution is 2.31. The molecule has 0 radical (unpaired) electrons. The predicted molar refractivity (Wildman–Crippen MR) is 74.6 cm³/mol. The van der Waals surface area contributed by atoms with E-state index in [0.717, 1.165) is 18.6 Å². The predicted octanol–water partition coefficient (Wildman–Crippen LogP) is 0.870. The van der Waals surface area contributed by atoms with Gasteiger partial charge in [-0.25, -0.2) is 0 Å². The maximum atomic E-state index is 12.0. The Labute approximate surface area is 118 Å². The van der Waals surface area contributed by atoms with Crippen LogP contribution in [0.5, 0.6) is 5.75 Å². The molecule has 1 aliphatic heterocycles. The van der Waals surface area contributed by atoms with Crippen molar-refractivity contribution in [2.45, 2.75) is 18.9 Å². The zero-order chi connectivity index (χ0) is 13.9. The molecule has 5 heteroatoms. The van der Waals surface area contributed by atoms with E-state index in [2.05, 4.69) is 0 Å². The van der Waals surface area contributed by atoms with Gasteiger partial charge in [-0.15, -0.1) is 0 Å². The van der Waals surface area contributed by atoms with Crippen molar-refractivity contribution >= 4 is 5.91 Å². The fourth-order valence-electron chi connectivity index (χ4n) is 2.77. The number of carbonyl (C=O) groups is 1. The molecule has 0 bridgehead atoms. The van der Waals surface area contributed by atoms with Gasteiger partial charge in [0.15, 0.2) is 6.61 Å². The number of carbonyl (C=O) groups excluding carboxylic acids is 1. The van der Waals surface area contributed by atoms with Gasteiger partial charge in [0.1, 0.15) is 5.75 Å². The first-order chi connectivity index (χ1) is 9.74. The summed E-state index contributed by atoms with van der Waals surface area (Å²) in [5.74, 6) is 0.768. The van der Waals surface area contributed by atoms with Crippen LogP contribution < -0.4 is 10.5 Å². The lowest BCUT2D eigenvalue weighted by Crippen LogP contribution is -2.42. The fourth-order valence-corrected chi connectivity index (χ4v) is 2.77. The lowest BCUT2D eigenvalue weighted by atomic mass is 10.1. The molecule has 1 saturated heterocycles. The minimum absolute atomic E-state index is 0.0190. The number of benzene rings is 1. The van der Waals surface area contributed by atoms with Crippen molar-refractivity contribution in [2.75, 3.05) is 32.9 Å². The summed E-state index contributed by atoms with van der Waals surface area (Å²) in [6.45, 7) is 2.62. The van der Waals surface area contributed by atoms with Crippen molar-refractivity contribution in [1.82, 2.24) is 4.90 Å². The lowest BCUT2D eigenvalue weighted by Gasteiger charge is -2.26. The van der Waals surface area contributed by atoms with Gasteiger partial charge in [0.05, 0.1) is 13.2 Å². The van der Waals surface area contributed by atoms with Gasteiger partial charge in [-0.05, 0) is 36.1 Å². The van der Waals surface area contributed by atoms with Gasteiger partial charge in [0.25, 0.3) is 5.91 Å². The second-order valence-corrected chi connectivity index (χ2v) is 5.29. The molecule has 1 heterocycles. The van der Waals surface area contributed by atoms with Crippen molar-refractivity contribution in [3.05, 3.63) is 29.3 Å². The molecule has 1 unspecified atom stereocenters. The Balaban J connectivity index is 1.57. The normalized spacial score (nSPS) is 21.6. The van der Waals surface area contributed by atoms with E-state index >= 15 is 0 Å². The van der Waals surface area contributed by atoms with Crippen LogP contribution in [-0.2, 0) is 16.0 Å². The van der Waals surface area contributed by atoms with Crippen LogP contribution in [0.1, 0.15) is 23.6 Å². The van der Waals surface area contributed by atoms with Crippen molar-refractivity contribution in [1.29, 1.82) is 0 Å². The van der Waals surface area contributed by atoms with E-state index in [9.17, 15) is 4.79 Å². The Morgan fingerprint density at radius 3 is 3.00 bits per heavy atom. The van der Waals surface area contributed by atoms with Crippen LogP contribution in [0.15, 0.2) is 18.2 Å². The molecule has 5 nitrogen and oxygen atoms in total. The summed E-state index contributed by atoms with van der Waals surface area (Å²) in [5.41, 5.74) is 8.45. The first kappa shape index (κ1) is 13.4. The molecule has 108 valence electrons. The second kappa shape index (κ2) is 5.81. The third kappa shape index (κ3) is 2.78. The molecular weight excluding hydrogens is 256 g/mol. The highest BCUT2D eigenvalue weighted by molar-refractivity contribution is 5.77. The van der Waals surface area contributed by atoms with Crippen LogP contribution >= 0.6 is 0 Å². The summed E-state index contributed by atoms with van der Waals surface area (Å²) in [5, 5.41) is 0. The van der Waals surface area contributed by atoms with E-state index in [-0.39, 0.29) is 18.6 Å². The molecule has 1 aromatic carbocycles. The number of nitrogens with zero attached hydrogens (tertiary/aromatic N) is 1. The molecule has 1 atom stereocenters. The van der Waals surface area contributed by atoms with Crippen molar-refractivity contribution in [3.63, 3.8) is 0 Å². The molecule has 1 fully saturated rings. The first-order valence-corrected chi connectivity index (χ1v) is 7.11. The average molecular weight is 276 g/mol. The molecule has 0 saturated carbocycles. The van der Waals surface area contributed by atoms with Crippen LogP contribution in [0.3, 0.4) is 0 Å². The Morgan fingerprint density at radius 1 is 1.40 bits per heavy atom. The largest absolute Gasteiger partial charge is 0.484 e. The number of amides is 1. The number of ether oxygens (including phenoxy) is 2. The summed E-state index contributed by atoms with van der Waals surface area (Å²) in [7, 11) is 0. The SMILES string of the molecule is NC1CCc2cc(OCC(=O)N3CCOCC3)ccc21. The van der Waals surface area contributed by atoms with Gasteiger partial charge >= 0.3 is 0 Å². The lowest BCUT2D eigenvalue weighted by molar-refractivity contribution is -0.137. The highest BCUT2D eigenvalue weighted by atomic mass is 16.5. The molecule has 1 amide bonds. The van der Waals surface area contributed by atoms with E-state index in [1.165, 1.54) is 11.1 Å². The number of hydrogen-bond donors (Lipinski definition) is 1. The molecule has 1 aliphatic carbocycles. The van der Waals surface area contributed by atoms with Crippen molar-refractivity contribution in [3.8, 4) is 5.75 Å². The summed E-state index contributed by atoms with van der Waals surface area (Å²) in [6, 6.07) is 6.07. The zero-order valence-electron chi connectivity index (χ0n) is 11.5. The molecule has 2 aliphatic rings. The number of aryl methyl sites for hydroxylation is 1. The number of hydrogen-bond acceptors (Lipinski definition) is 4. The zero-order valence-corrected chi connectivity index (χ0v) is 11.5. The number of fused-ring (bicyclic) bond motifs is 1. The van der Waals surface area contributed by atoms with E-state index < -0.39 is 0 Å². The van der Waals surface area contributed by atoms with Crippen LogP contribution in [0, 0.1) is 0 Å². The third-order valence-corrected chi connectivity index (χ3v) is 3.96. The molecule has 0 spiro atoms. The van der Waals surface area contributed by atoms with Crippen LogP contribution in [0.2, 0.25) is 0 Å². The van der Waals surface area contributed by atoms with Gasteiger partial charge in [-0.2, -0.15) is 0 Å². The Hall–Kier alpha value is -1.59. The van der Waals surface area contributed by atoms with E-state index in [1.807, 2.05) is 18.2 Å². The molecule has 20 heavy (non-hydrogen) atoms.